The molecule has 0 saturated carbocycles. The highest BCUT2D eigenvalue weighted by molar-refractivity contribution is 6.32. The van der Waals surface area contributed by atoms with Gasteiger partial charge in [-0.2, -0.15) is 0 Å². The van der Waals surface area contributed by atoms with Gasteiger partial charge in [-0.1, -0.05) is 29.8 Å². The summed E-state index contributed by atoms with van der Waals surface area (Å²) in [5.74, 6) is 0.640. The lowest BCUT2D eigenvalue weighted by Gasteiger charge is -2.18. The Hall–Kier alpha value is -1.75. The lowest BCUT2D eigenvalue weighted by molar-refractivity contribution is 0.0773. The van der Waals surface area contributed by atoms with Crippen molar-refractivity contribution >= 4 is 29.9 Å². The minimum absolute atomic E-state index is 0. The first-order chi connectivity index (χ1) is 11.1. The molecule has 0 aliphatic carbocycles. The van der Waals surface area contributed by atoms with Gasteiger partial charge in [0, 0.05) is 25.7 Å². The van der Waals surface area contributed by atoms with Gasteiger partial charge in [0.15, 0.2) is 0 Å². The zero-order valence-electron chi connectivity index (χ0n) is 13.4. The van der Waals surface area contributed by atoms with E-state index in [4.69, 9.17) is 16.3 Å². The van der Waals surface area contributed by atoms with Crippen molar-refractivity contribution in [3.8, 4) is 5.75 Å². The second-order valence-electron chi connectivity index (χ2n) is 5.59. The van der Waals surface area contributed by atoms with Crippen LogP contribution in [0.4, 0.5) is 0 Å². The average Bonchev–Trinajstić information content (AvgIpc) is 3.03. The third kappa shape index (κ3) is 4.20. The number of hydrogen-bond donors (Lipinski definition) is 1. The van der Waals surface area contributed by atoms with Gasteiger partial charge in [0.05, 0.1) is 11.6 Å². The summed E-state index contributed by atoms with van der Waals surface area (Å²) < 4.78 is 5.63. The number of benzene rings is 2. The Kier molecular flexibility index (Phi) is 6.49. The summed E-state index contributed by atoms with van der Waals surface area (Å²) in [5, 5.41) is 3.86. The van der Waals surface area contributed by atoms with Crippen molar-refractivity contribution in [2.45, 2.75) is 13.1 Å². The van der Waals surface area contributed by atoms with E-state index in [1.807, 2.05) is 36.4 Å². The monoisotopic (exact) mass is 366 g/mol. The smallest absolute Gasteiger partial charge is 0.253 e. The normalized spacial score (nSPS) is 12.2. The van der Waals surface area contributed by atoms with E-state index in [0.717, 1.165) is 13.1 Å². The Morgan fingerprint density at radius 2 is 1.96 bits per heavy atom. The molecule has 0 atom stereocenters. The second-order valence-corrected chi connectivity index (χ2v) is 6.00. The second kappa shape index (κ2) is 8.38. The van der Waals surface area contributed by atoms with E-state index < -0.39 is 0 Å². The van der Waals surface area contributed by atoms with Crippen LogP contribution in [0.2, 0.25) is 5.02 Å². The highest BCUT2D eigenvalue weighted by Gasteiger charge is 2.16. The SMILES string of the molecule is CN(CCOc1ccccc1Cl)C(=O)c1ccc2c(c1)CNC2.Cl. The molecule has 1 aliphatic rings. The molecule has 0 unspecified atom stereocenters. The van der Waals surface area contributed by atoms with Crippen LogP contribution in [0.5, 0.6) is 5.75 Å². The van der Waals surface area contributed by atoms with Crippen molar-refractivity contribution in [1.82, 2.24) is 10.2 Å². The van der Waals surface area contributed by atoms with E-state index in [0.29, 0.717) is 29.5 Å². The largest absolute Gasteiger partial charge is 0.490 e. The lowest BCUT2D eigenvalue weighted by atomic mass is 10.1. The Bertz CT molecular complexity index is 722. The summed E-state index contributed by atoms with van der Waals surface area (Å²) in [6.45, 7) is 2.61. The number of ether oxygens (including phenoxy) is 1. The minimum Gasteiger partial charge on any atom is -0.490 e. The predicted octanol–water partition coefficient (Wildman–Crippen LogP) is 3.52. The van der Waals surface area contributed by atoms with Crippen LogP contribution in [0.3, 0.4) is 0 Å². The van der Waals surface area contributed by atoms with Gasteiger partial charge >= 0.3 is 0 Å². The molecular formula is C18H20Cl2N2O2. The van der Waals surface area contributed by atoms with Gasteiger partial charge in [-0.05, 0) is 35.4 Å². The summed E-state index contributed by atoms with van der Waals surface area (Å²) in [7, 11) is 1.78. The third-order valence-electron chi connectivity index (χ3n) is 3.95. The number of carbonyl (C=O) groups excluding carboxylic acids is 1. The first-order valence-corrected chi connectivity index (χ1v) is 7.98. The number of para-hydroxylation sites is 1. The van der Waals surface area contributed by atoms with Gasteiger partial charge in [-0.25, -0.2) is 0 Å². The molecule has 0 bridgehead atoms. The standard InChI is InChI=1S/C18H19ClN2O2.ClH/c1-21(8-9-23-17-5-3-2-4-16(17)19)18(22)13-6-7-14-11-20-12-15(14)10-13;/h2-7,10,20H,8-9,11-12H2,1H3;1H. The van der Waals surface area contributed by atoms with E-state index in [-0.39, 0.29) is 18.3 Å². The van der Waals surface area contributed by atoms with Crippen molar-refractivity contribution in [2.24, 2.45) is 0 Å². The Morgan fingerprint density at radius 1 is 1.21 bits per heavy atom. The maximum Gasteiger partial charge on any atom is 0.253 e. The zero-order valence-corrected chi connectivity index (χ0v) is 15.0. The molecule has 1 heterocycles. The molecule has 128 valence electrons. The van der Waals surface area contributed by atoms with E-state index in [2.05, 4.69) is 5.32 Å². The van der Waals surface area contributed by atoms with E-state index in [1.54, 1.807) is 18.0 Å². The van der Waals surface area contributed by atoms with Gasteiger partial charge in [0.2, 0.25) is 0 Å². The highest BCUT2D eigenvalue weighted by atomic mass is 35.5. The molecule has 24 heavy (non-hydrogen) atoms. The van der Waals surface area contributed by atoms with Crippen molar-refractivity contribution in [3.63, 3.8) is 0 Å². The summed E-state index contributed by atoms with van der Waals surface area (Å²) in [5.41, 5.74) is 3.19. The topological polar surface area (TPSA) is 41.6 Å². The van der Waals surface area contributed by atoms with E-state index >= 15 is 0 Å². The molecule has 2 aromatic carbocycles. The summed E-state index contributed by atoms with van der Waals surface area (Å²) >= 11 is 6.04. The average molecular weight is 367 g/mol. The molecule has 0 fully saturated rings. The molecule has 3 rings (SSSR count). The first-order valence-electron chi connectivity index (χ1n) is 7.60. The van der Waals surface area contributed by atoms with Gasteiger partial charge in [0.1, 0.15) is 12.4 Å². The molecule has 2 aromatic rings. The number of nitrogens with zero attached hydrogens (tertiary/aromatic N) is 1. The van der Waals surface area contributed by atoms with E-state index in [9.17, 15) is 4.79 Å². The molecule has 0 aromatic heterocycles. The fraction of sp³-hybridized carbons (Fsp3) is 0.278. The van der Waals surface area contributed by atoms with E-state index in [1.165, 1.54) is 11.1 Å². The molecule has 0 radical (unpaired) electrons. The van der Waals surface area contributed by atoms with Crippen molar-refractivity contribution < 1.29 is 9.53 Å². The number of carbonyl (C=O) groups is 1. The number of nitrogens with one attached hydrogen (secondary N) is 1. The molecule has 1 aliphatic heterocycles. The van der Waals surface area contributed by atoms with Gasteiger partial charge in [-0.3, -0.25) is 4.79 Å². The number of likely N-dealkylation sites (N-methyl/N-ethyl adjacent to an activating group) is 1. The lowest BCUT2D eigenvalue weighted by Crippen LogP contribution is -2.31. The number of hydrogen-bond acceptors (Lipinski definition) is 3. The fourth-order valence-corrected chi connectivity index (χ4v) is 2.79. The molecule has 0 spiro atoms. The Balaban J connectivity index is 0.00000208. The predicted molar refractivity (Wildman–Crippen MR) is 98.1 cm³/mol. The number of fused-ring (bicyclic) bond motifs is 1. The van der Waals surface area contributed by atoms with Crippen LogP contribution in [0.15, 0.2) is 42.5 Å². The quantitative estimate of drug-likeness (QED) is 0.879. The van der Waals surface area contributed by atoms with Crippen LogP contribution in [-0.2, 0) is 13.1 Å². The molecule has 0 saturated heterocycles. The summed E-state index contributed by atoms with van der Waals surface area (Å²) in [4.78, 5) is 14.1. The van der Waals surface area contributed by atoms with Gasteiger partial charge in [-0.15, -0.1) is 12.4 Å². The zero-order chi connectivity index (χ0) is 16.2. The van der Waals surface area contributed by atoms with Crippen molar-refractivity contribution in [2.75, 3.05) is 20.2 Å². The maximum atomic E-state index is 12.5. The summed E-state index contributed by atoms with van der Waals surface area (Å²) in [6, 6.07) is 13.2. The number of halogens is 2. The fourth-order valence-electron chi connectivity index (χ4n) is 2.60. The molecular weight excluding hydrogens is 347 g/mol. The van der Waals surface area contributed by atoms with Crippen LogP contribution in [0.25, 0.3) is 0 Å². The number of amides is 1. The molecule has 6 heteroatoms. The van der Waals surface area contributed by atoms with Crippen LogP contribution in [0, 0.1) is 0 Å². The molecule has 1 amide bonds. The molecule has 4 nitrogen and oxygen atoms in total. The summed E-state index contributed by atoms with van der Waals surface area (Å²) in [6.07, 6.45) is 0. The van der Waals surface area contributed by atoms with Crippen molar-refractivity contribution in [1.29, 1.82) is 0 Å². The minimum atomic E-state index is 0. The van der Waals surface area contributed by atoms with Crippen molar-refractivity contribution in [3.05, 3.63) is 64.2 Å². The molecule has 1 N–H and O–H groups in total. The number of rotatable bonds is 5. The van der Waals surface area contributed by atoms with Crippen LogP contribution in [-0.4, -0.2) is 31.0 Å². The highest BCUT2D eigenvalue weighted by Crippen LogP contribution is 2.23. The van der Waals surface area contributed by atoms with Crippen LogP contribution >= 0.6 is 24.0 Å². The van der Waals surface area contributed by atoms with Crippen LogP contribution < -0.4 is 10.1 Å². The Labute approximate surface area is 153 Å². The first kappa shape index (κ1) is 18.6. The third-order valence-corrected chi connectivity index (χ3v) is 4.26. The Morgan fingerprint density at radius 3 is 2.75 bits per heavy atom. The van der Waals surface area contributed by atoms with Crippen LogP contribution in [0.1, 0.15) is 21.5 Å². The van der Waals surface area contributed by atoms with Gasteiger partial charge < -0.3 is 15.0 Å². The van der Waals surface area contributed by atoms with Gasteiger partial charge in [0.25, 0.3) is 5.91 Å². The maximum absolute atomic E-state index is 12.5.